The molecule has 0 aliphatic heterocycles. The summed E-state index contributed by atoms with van der Waals surface area (Å²) in [5.41, 5.74) is 2.41. The van der Waals surface area contributed by atoms with Gasteiger partial charge in [-0.2, -0.15) is 0 Å². The van der Waals surface area contributed by atoms with E-state index in [9.17, 15) is 4.39 Å². The molecule has 2 rings (SSSR count). The predicted molar refractivity (Wildman–Crippen MR) is 73.1 cm³/mol. The van der Waals surface area contributed by atoms with E-state index >= 15 is 0 Å². The van der Waals surface area contributed by atoms with Crippen molar-refractivity contribution >= 4 is 0 Å². The molecular formula is C14H19FN4. The Hall–Kier alpha value is -1.75. The fourth-order valence-electron chi connectivity index (χ4n) is 1.85. The number of nitrogens with one attached hydrogen (secondary N) is 2. The Bertz CT molecular complexity index is 531. The molecule has 2 aromatic rings. The molecule has 2 aromatic heterocycles. The normalized spacial score (nSPS) is 11.2. The van der Waals surface area contributed by atoms with E-state index in [-0.39, 0.29) is 5.82 Å². The number of aryl methyl sites for hydroxylation is 1. The molecule has 0 bridgehead atoms. The number of hydrogen-bond acceptors (Lipinski definition) is 3. The van der Waals surface area contributed by atoms with E-state index in [0.29, 0.717) is 18.2 Å². The Balaban J connectivity index is 2.10. The summed E-state index contributed by atoms with van der Waals surface area (Å²) in [6, 6.07) is 3.04. The second-order valence-corrected chi connectivity index (χ2v) is 5.04. The van der Waals surface area contributed by atoms with Gasteiger partial charge >= 0.3 is 0 Å². The summed E-state index contributed by atoms with van der Waals surface area (Å²) < 4.78 is 12.8. The fraction of sp³-hybridized carbons (Fsp3) is 0.429. The molecular weight excluding hydrogens is 243 g/mol. The summed E-state index contributed by atoms with van der Waals surface area (Å²) in [6.07, 6.45) is 1.21. The Morgan fingerprint density at radius 1 is 1.37 bits per heavy atom. The Morgan fingerprint density at radius 2 is 2.16 bits per heavy atom. The number of nitrogens with zero attached hydrogens (tertiary/aromatic N) is 2. The van der Waals surface area contributed by atoms with Gasteiger partial charge in [-0.25, -0.2) is 9.37 Å². The molecule has 0 radical (unpaired) electrons. The molecule has 2 heterocycles. The molecule has 19 heavy (non-hydrogen) atoms. The number of imidazole rings is 1. The number of hydrogen-bond donors (Lipinski definition) is 2. The maximum absolute atomic E-state index is 12.8. The van der Waals surface area contributed by atoms with Crippen LogP contribution in [0.15, 0.2) is 18.3 Å². The highest BCUT2D eigenvalue weighted by Crippen LogP contribution is 2.18. The molecule has 0 saturated heterocycles. The number of halogens is 1. The van der Waals surface area contributed by atoms with Crippen LogP contribution in [0.3, 0.4) is 0 Å². The molecule has 0 aliphatic carbocycles. The van der Waals surface area contributed by atoms with Crippen LogP contribution in [-0.2, 0) is 6.54 Å². The van der Waals surface area contributed by atoms with E-state index in [1.165, 1.54) is 12.3 Å². The van der Waals surface area contributed by atoms with Gasteiger partial charge < -0.3 is 10.3 Å². The third-order valence-electron chi connectivity index (χ3n) is 2.75. The SMILES string of the molecule is Cc1[nH]c(CNCC(C)C)nc1-c1ccc(F)cn1. The average Bonchev–Trinajstić information content (AvgIpc) is 2.71. The van der Waals surface area contributed by atoms with Gasteiger partial charge in [0.2, 0.25) is 0 Å². The van der Waals surface area contributed by atoms with Gasteiger partial charge in [-0.3, -0.25) is 4.98 Å². The van der Waals surface area contributed by atoms with Crippen molar-refractivity contribution in [1.29, 1.82) is 0 Å². The lowest BCUT2D eigenvalue weighted by Gasteiger charge is -2.04. The number of pyridine rings is 1. The minimum atomic E-state index is -0.337. The molecule has 0 saturated carbocycles. The van der Waals surface area contributed by atoms with Crippen LogP contribution in [0.25, 0.3) is 11.4 Å². The van der Waals surface area contributed by atoms with Gasteiger partial charge in [0.15, 0.2) is 0 Å². The fourth-order valence-corrected chi connectivity index (χ4v) is 1.85. The third-order valence-corrected chi connectivity index (χ3v) is 2.75. The van der Waals surface area contributed by atoms with Crippen molar-refractivity contribution in [1.82, 2.24) is 20.3 Å². The molecule has 0 aliphatic rings. The van der Waals surface area contributed by atoms with Gasteiger partial charge in [-0.05, 0) is 31.5 Å². The Morgan fingerprint density at radius 3 is 2.79 bits per heavy atom. The standard InChI is InChI=1S/C14H19FN4/c1-9(2)6-16-8-13-18-10(3)14(19-13)12-5-4-11(15)7-17-12/h4-5,7,9,16H,6,8H2,1-3H3,(H,18,19). The topological polar surface area (TPSA) is 53.6 Å². The highest BCUT2D eigenvalue weighted by atomic mass is 19.1. The largest absolute Gasteiger partial charge is 0.344 e. The lowest BCUT2D eigenvalue weighted by molar-refractivity contribution is 0.544. The second kappa shape index (κ2) is 5.93. The van der Waals surface area contributed by atoms with Crippen molar-refractivity contribution in [3.05, 3.63) is 35.7 Å². The summed E-state index contributed by atoms with van der Waals surface area (Å²) in [6.45, 7) is 7.91. The van der Waals surface area contributed by atoms with Crippen LogP contribution in [0.1, 0.15) is 25.4 Å². The molecule has 5 heteroatoms. The van der Waals surface area contributed by atoms with Crippen LogP contribution in [-0.4, -0.2) is 21.5 Å². The van der Waals surface area contributed by atoms with Gasteiger partial charge in [-0.15, -0.1) is 0 Å². The third kappa shape index (κ3) is 3.61. The summed E-state index contributed by atoms with van der Waals surface area (Å²) >= 11 is 0. The molecule has 102 valence electrons. The smallest absolute Gasteiger partial charge is 0.141 e. The molecule has 0 atom stereocenters. The zero-order valence-corrected chi connectivity index (χ0v) is 11.5. The molecule has 2 N–H and O–H groups in total. The summed E-state index contributed by atoms with van der Waals surface area (Å²) in [4.78, 5) is 11.8. The molecule has 0 spiro atoms. The lowest BCUT2D eigenvalue weighted by atomic mass is 10.2. The minimum absolute atomic E-state index is 0.337. The van der Waals surface area contributed by atoms with Gasteiger partial charge in [-0.1, -0.05) is 13.8 Å². The average molecular weight is 262 g/mol. The maximum atomic E-state index is 12.8. The van der Waals surface area contributed by atoms with Crippen molar-refractivity contribution in [2.45, 2.75) is 27.3 Å². The molecule has 0 aromatic carbocycles. The molecule has 0 amide bonds. The summed E-state index contributed by atoms with van der Waals surface area (Å²) in [7, 11) is 0. The summed E-state index contributed by atoms with van der Waals surface area (Å²) in [5, 5.41) is 3.33. The first-order chi connectivity index (χ1) is 9.06. The maximum Gasteiger partial charge on any atom is 0.141 e. The van der Waals surface area contributed by atoms with Crippen LogP contribution in [0.4, 0.5) is 4.39 Å². The van der Waals surface area contributed by atoms with Crippen molar-refractivity contribution in [3.63, 3.8) is 0 Å². The highest BCUT2D eigenvalue weighted by molar-refractivity contribution is 5.56. The van der Waals surface area contributed by atoms with Gasteiger partial charge in [0.25, 0.3) is 0 Å². The van der Waals surface area contributed by atoms with Crippen LogP contribution in [0.2, 0.25) is 0 Å². The van der Waals surface area contributed by atoms with E-state index in [4.69, 9.17) is 0 Å². The van der Waals surface area contributed by atoms with E-state index < -0.39 is 0 Å². The van der Waals surface area contributed by atoms with Gasteiger partial charge in [0.05, 0.1) is 18.4 Å². The zero-order valence-electron chi connectivity index (χ0n) is 11.5. The first kappa shape index (κ1) is 13.7. The Labute approximate surface area is 112 Å². The van der Waals surface area contributed by atoms with Crippen molar-refractivity contribution in [3.8, 4) is 11.4 Å². The van der Waals surface area contributed by atoms with Crippen LogP contribution in [0, 0.1) is 18.7 Å². The molecule has 4 nitrogen and oxygen atoms in total. The first-order valence-electron chi connectivity index (χ1n) is 6.44. The zero-order chi connectivity index (χ0) is 13.8. The van der Waals surface area contributed by atoms with E-state index in [0.717, 1.165) is 23.8 Å². The van der Waals surface area contributed by atoms with Crippen LogP contribution in [0.5, 0.6) is 0 Å². The highest BCUT2D eigenvalue weighted by Gasteiger charge is 2.10. The first-order valence-corrected chi connectivity index (χ1v) is 6.44. The second-order valence-electron chi connectivity index (χ2n) is 5.04. The lowest BCUT2D eigenvalue weighted by Crippen LogP contribution is -2.19. The van der Waals surface area contributed by atoms with Crippen LogP contribution < -0.4 is 5.32 Å². The number of aromatic nitrogens is 3. The monoisotopic (exact) mass is 262 g/mol. The van der Waals surface area contributed by atoms with Gasteiger partial charge in [0, 0.05) is 5.69 Å². The van der Waals surface area contributed by atoms with Gasteiger partial charge in [0.1, 0.15) is 17.3 Å². The van der Waals surface area contributed by atoms with E-state index in [2.05, 4.69) is 34.1 Å². The van der Waals surface area contributed by atoms with Crippen molar-refractivity contribution in [2.75, 3.05) is 6.54 Å². The number of H-pyrrole nitrogens is 1. The predicted octanol–water partition coefficient (Wildman–Crippen LogP) is 2.66. The Kier molecular flexibility index (Phi) is 4.27. The number of aromatic amines is 1. The molecule has 0 unspecified atom stereocenters. The number of rotatable bonds is 5. The van der Waals surface area contributed by atoms with Crippen molar-refractivity contribution in [2.24, 2.45) is 5.92 Å². The van der Waals surface area contributed by atoms with E-state index in [1.54, 1.807) is 6.07 Å². The molecule has 0 fully saturated rings. The van der Waals surface area contributed by atoms with Crippen molar-refractivity contribution < 1.29 is 4.39 Å². The van der Waals surface area contributed by atoms with E-state index in [1.807, 2.05) is 6.92 Å². The summed E-state index contributed by atoms with van der Waals surface area (Å²) in [5.74, 6) is 1.14. The minimum Gasteiger partial charge on any atom is -0.344 e. The quantitative estimate of drug-likeness (QED) is 0.871. The van der Waals surface area contributed by atoms with Crippen LogP contribution >= 0.6 is 0 Å².